The fourth-order valence-corrected chi connectivity index (χ4v) is 3.25. The summed E-state index contributed by atoms with van der Waals surface area (Å²) in [7, 11) is 1.52. The van der Waals surface area contributed by atoms with Crippen molar-refractivity contribution in [3.05, 3.63) is 93.3 Å². The summed E-state index contributed by atoms with van der Waals surface area (Å²) < 4.78 is 20.6. The van der Waals surface area contributed by atoms with Crippen molar-refractivity contribution >= 4 is 21.7 Å². The van der Waals surface area contributed by atoms with Crippen LogP contribution in [0.3, 0.4) is 0 Å². The van der Waals surface area contributed by atoms with E-state index in [-0.39, 0.29) is 23.9 Å². The lowest BCUT2D eigenvalue weighted by Crippen LogP contribution is -2.11. The summed E-state index contributed by atoms with van der Waals surface area (Å²) in [5.41, 5.74) is 2.72. The van der Waals surface area contributed by atoms with Crippen LogP contribution in [-0.4, -0.2) is 17.9 Å². The van der Waals surface area contributed by atoms with Crippen LogP contribution in [0.4, 0.5) is 4.39 Å². The van der Waals surface area contributed by atoms with Gasteiger partial charge in [0, 0.05) is 34.6 Å². The largest absolute Gasteiger partial charge is 0.481 e. The first kappa shape index (κ1) is 19.2. The van der Waals surface area contributed by atoms with Crippen molar-refractivity contribution in [2.75, 3.05) is 7.11 Å². The van der Waals surface area contributed by atoms with Gasteiger partial charge in [-0.3, -0.25) is 4.79 Å². The number of ether oxygens (including phenoxy) is 1. The lowest BCUT2D eigenvalue weighted by atomic mass is 9.85. The Morgan fingerprint density at radius 2 is 1.89 bits per heavy atom. The highest BCUT2D eigenvalue weighted by Gasteiger charge is 2.22. The molecule has 0 unspecified atom stereocenters. The molecule has 138 valence electrons. The SMILES string of the molecule is COc1ccc(C(=O)C[C@H](c2ccc(Br)cc2)c2ccc(C)cc2F)cn1. The highest BCUT2D eigenvalue weighted by Crippen LogP contribution is 2.32. The number of pyridine rings is 1. The molecule has 0 saturated heterocycles. The minimum Gasteiger partial charge on any atom is -0.481 e. The second kappa shape index (κ2) is 8.44. The Hall–Kier alpha value is -2.53. The molecule has 0 saturated carbocycles. The summed E-state index contributed by atoms with van der Waals surface area (Å²) in [6.45, 7) is 1.84. The van der Waals surface area contributed by atoms with Crippen molar-refractivity contribution in [1.29, 1.82) is 0 Å². The van der Waals surface area contributed by atoms with Crippen molar-refractivity contribution in [2.45, 2.75) is 19.3 Å². The number of rotatable bonds is 6. The van der Waals surface area contributed by atoms with Gasteiger partial charge in [0.05, 0.1) is 7.11 Å². The van der Waals surface area contributed by atoms with Crippen LogP contribution in [0.5, 0.6) is 5.88 Å². The van der Waals surface area contributed by atoms with Gasteiger partial charge in [-0.25, -0.2) is 9.37 Å². The zero-order valence-corrected chi connectivity index (χ0v) is 16.7. The van der Waals surface area contributed by atoms with Gasteiger partial charge in [-0.2, -0.15) is 0 Å². The van der Waals surface area contributed by atoms with Gasteiger partial charge in [0.2, 0.25) is 5.88 Å². The van der Waals surface area contributed by atoms with Crippen LogP contribution < -0.4 is 4.74 Å². The van der Waals surface area contributed by atoms with Crippen LogP contribution in [-0.2, 0) is 0 Å². The fraction of sp³-hybridized carbons (Fsp3) is 0.182. The minimum atomic E-state index is -0.381. The first-order valence-electron chi connectivity index (χ1n) is 8.52. The molecule has 0 aliphatic heterocycles. The number of aromatic nitrogens is 1. The summed E-state index contributed by atoms with van der Waals surface area (Å²) in [5.74, 6) is -0.337. The van der Waals surface area contributed by atoms with Gasteiger partial charge in [-0.15, -0.1) is 0 Å². The number of aryl methyl sites for hydroxylation is 1. The molecule has 0 N–H and O–H groups in total. The summed E-state index contributed by atoms with van der Waals surface area (Å²) in [6.07, 6.45) is 1.64. The lowest BCUT2D eigenvalue weighted by molar-refractivity contribution is 0.0977. The van der Waals surface area contributed by atoms with Crippen molar-refractivity contribution in [1.82, 2.24) is 4.98 Å². The molecule has 0 spiro atoms. The first-order chi connectivity index (χ1) is 13.0. The maximum absolute atomic E-state index is 14.7. The Bertz CT molecular complexity index is 940. The maximum Gasteiger partial charge on any atom is 0.212 e. The van der Waals surface area contributed by atoms with Gasteiger partial charge in [-0.05, 0) is 47.9 Å². The fourth-order valence-electron chi connectivity index (χ4n) is 2.99. The number of halogens is 2. The van der Waals surface area contributed by atoms with E-state index in [0.29, 0.717) is 17.0 Å². The number of carbonyl (C=O) groups is 1. The van der Waals surface area contributed by atoms with E-state index >= 15 is 0 Å². The highest BCUT2D eigenvalue weighted by molar-refractivity contribution is 9.10. The normalized spacial score (nSPS) is 11.9. The number of benzene rings is 2. The molecule has 0 aliphatic carbocycles. The quantitative estimate of drug-likeness (QED) is 0.473. The van der Waals surface area contributed by atoms with Crippen molar-refractivity contribution in [2.24, 2.45) is 0 Å². The standard InChI is InChI=1S/C22H19BrFNO2/c1-14-3-9-18(20(24)11-14)19(15-4-7-17(23)8-5-15)12-21(26)16-6-10-22(27-2)25-13-16/h3-11,13,19H,12H2,1-2H3/t19-/m1/s1. The second-order valence-electron chi connectivity index (χ2n) is 6.35. The predicted molar refractivity (Wildman–Crippen MR) is 107 cm³/mol. The van der Waals surface area contributed by atoms with Crippen molar-refractivity contribution in [3.8, 4) is 5.88 Å². The van der Waals surface area contributed by atoms with E-state index < -0.39 is 0 Å². The Morgan fingerprint density at radius 1 is 1.15 bits per heavy atom. The third kappa shape index (κ3) is 4.61. The van der Waals surface area contributed by atoms with Crippen molar-refractivity contribution < 1.29 is 13.9 Å². The van der Waals surface area contributed by atoms with Gasteiger partial charge in [0.15, 0.2) is 5.78 Å². The summed E-state index contributed by atoms with van der Waals surface area (Å²) in [5, 5.41) is 0. The predicted octanol–water partition coefficient (Wildman–Crippen LogP) is 5.71. The van der Waals surface area contributed by atoms with Crippen LogP contribution >= 0.6 is 15.9 Å². The van der Waals surface area contributed by atoms with E-state index in [1.54, 1.807) is 18.2 Å². The van der Waals surface area contributed by atoms with E-state index in [1.807, 2.05) is 37.3 Å². The first-order valence-corrected chi connectivity index (χ1v) is 9.32. The van der Waals surface area contributed by atoms with Crippen LogP contribution in [0.25, 0.3) is 0 Å². The molecule has 0 amide bonds. The Labute approximate surface area is 166 Å². The molecule has 3 nitrogen and oxygen atoms in total. The van der Waals surface area contributed by atoms with Gasteiger partial charge in [0.1, 0.15) is 5.82 Å². The van der Waals surface area contributed by atoms with Crippen LogP contribution in [0, 0.1) is 12.7 Å². The number of Topliss-reactive ketones (excluding diaryl/α,β-unsaturated/α-hetero) is 1. The molecule has 0 bridgehead atoms. The molecule has 0 aliphatic rings. The van der Waals surface area contributed by atoms with Gasteiger partial charge >= 0.3 is 0 Å². The molecule has 1 heterocycles. The molecule has 2 aromatic carbocycles. The van der Waals surface area contributed by atoms with E-state index in [9.17, 15) is 9.18 Å². The monoisotopic (exact) mass is 427 g/mol. The molecule has 0 fully saturated rings. The minimum absolute atomic E-state index is 0.0990. The number of hydrogen-bond acceptors (Lipinski definition) is 3. The molecule has 27 heavy (non-hydrogen) atoms. The maximum atomic E-state index is 14.7. The molecule has 3 rings (SSSR count). The summed E-state index contributed by atoms with van der Waals surface area (Å²) >= 11 is 3.41. The van der Waals surface area contributed by atoms with Crippen molar-refractivity contribution in [3.63, 3.8) is 0 Å². The van der Waals surface area contributed by atoms with Crippen LogP contribution in [0.1, 0.15) is 39.4 Å². The average molecular weight is 428 g/mol. The zero-order chi connectivity index (χ0) is 19.4. The Balaban J connectivity index is 1.96. The van der Waals surface area contributed by atoms with Gasteiger partial charge in [-0.1, -0.05) is 40.2 Å². The highest BCUT2D eigenvalue weighted by atomic mass is 79.9. The number of ketones is 1. The smallest absolute Gasteiger partial charge is 0.212 e. The van der Waals surface area contributed by atoms with Gasteiger partial charge in [0.25, 0.3) is 0 Å². The molecular weight excluding hydrogens is 409 g/mol. The second-order valence-corrected chi connectivity index (χ2v) is 7.26. The average Bonchev–Trinajstić information content (AvgIpc) is 2.67. The molecule has 1 aromatic heterocycles. The van der Waals surface area contributed by atoms with E-state index in [0.717, 1.165) is 15.6 Å². The molecule has 3 aromatic rings. The third-order valence-corrected chi connectivity index (χ3v) is 4.99. The van der Waals surface area contributed by atoms with E-state index in [2.05, 4.69) is 20.9 Å². The summed E-state index contributed by atoms with van der Waals surface area (Å²) in [6, 6.07) is 16.1. The Kier molecular flexibility index (Phi) is 6.01. The summed E-state index contributed by atoms with van der Waals surface area (Å²) in [4.78, 5) is 16.9. The lowest BCUT2D eigenvalue weighted by Gasteiger charge is -2.19. The number of carbonyl (C=O) groups excluding carboxylic acids is 1. The molecule has 0 radical (unpaired) electrons. The molecule has 1 atom stereocenters. The van der Waals surface area contributed by atoms with Crippen LogP contribution in [0.2, 0.25) is 0 Å². The zero-order valence-electron chi connectivity index (χ0n) is 15.1. The van der Waals surface area contributed by atoms with Gasteiger partial charge < -0.3 is 4.74 Å². The number of methoxy groups -OCH3 is 1. The topological polar surface area (TPSA) is 39.2 Å². The Morgan fingerprint density at radius 3 is 2.48 bits per heavy atom. The molecular formula is C22H19BrFNO2. The number of nitrogens with zero attached hydrogens (tertiary/aromatic N) is 1. The molecule has 5 heteroatoms. The van der Waals surface area contributed by atoms with E-state index in [1.165, 1.54) is 19.4 Å². The van der Waals surface area contributed by atoms with E-state index in [4.69, 9.17) is 4.74 Å². The number of hydrogen-bond donors (Lipinski definition) is 0. The third-order valence-electron chi connectivity index (χ3n) is 4.46. The van der Waals surface area contributed by atoms with Crippen LogP contribution in [0.15, 0.2) is 65.3 Å².